The highest BCUT2D eigenvalue weighted by Gasteiger charge is 2.12. The number of halogens is 2. The van der Waals surface area contributed by atoms with Gasteiger partial charge in [0.05, 0.1) is 11.6 Å². The Hall–Kier alpha value is -3.22. The fourth-order valence-corrected chi connectivity index (χ4v) is 4.73. The Morgan fingerprint density at radius 1 is 1.03 bits per heavy atom. The number of carbonyl (C=O) groups is 2. The zero-order chi connectivity index (χ0) is 22.0. The van der Waals surface area contributed by atoms with Crippen LogP contribution in [0.15, 0.2) is 66.7 Å². The van der Waals surface area contributed by atoms with Crippen molar-refractivity contribution in [2.45, 2.75) is 6.42 Å². The number of fused-ring (bicyclic) bond motifs is 1. The molecule has 31 heavy (non-hydrogen) atoms. The highest BCUT2D eigenvalue weighted by Crippen LogP contribution is 2.35. The van der Waals surface area contributed by atoms with Crippen LogP contribution in [0.3, 0.4) is 0 Å². The molecule has 0 aliphatic rings. The van der Waals surface area contributed by atoms with Gasteiger partial charge in [-0.1, -0.05) is 41.9 Å². The Morgan fingerprint density at radius 3 is 2.61 bits per heavy atom. The lowest BCUT2D eigenvalue weighted by Crippen LogP contribution is -2.33. The van der Waals surface area contributed by atoms with Gasteiger partial charge in [0, 0.05) is 26.9 Å². The summed E-state index contributed by atoms with van der Waals surface area (Å²) in [5, 5.41) is 3.70. The maximum Gasteiger partial charge on any atom is 0.251 e. The molecule has 7 heteroatoms. The number of nitrogens with two attached hydrogens (primary N) is 1. The number of primary amides is 1. The van der Waals surface area contributed by atoms with E-state index in [1.165, 1.54) is 6.07 Å². The molecule has 0 bridgehead atoms. The van der Waals surface area contributed by atoms with Gasteiger partial charge in [0.2, 0.25) is 5.91 Å². The van der Waals surface area contributed by atoms with Crippen molar-refractivity contribution in [1.82, 2.24) is 5.32 Å². The van der Waals surface area contributed by atoms with Crippen LogP contribution < -0.4 is 11.1 Å². The summed E-state index contributed by atoms with van der Waals surface area (Å²) in [6.45, 7) is -0.208. The van der Waals surface area contributed by atoms with Gasteiger partial charge in [0.15, 0.2) is 0 Å². The van der Waals surface area contributed by atoms with Gasteiger partial charge in [-0.2, -0.15) is 0 Å². The molecule has 0 radical (unpaired) electrons. The van der Waals surface area contributed by atoms with Crippen molar-refractivity contribution >= 4 is 44.8 Å². The number of hydrogen-bond donors (Lipinski definition) is 2. The summed E-state index contributed by atoms with van der Waals surface area (Å²) < 4.78 is 14.6. The van der Waals surface area contributed by atoms with E-state index in [0.717, 1.165) is 31.7 Å². The van der Waals surface area contributed by atoms with Gasteiger partial charge in [-0.15, -0.1) is 11.3 Å². The summed E-state index contributed by atoms with van der Waals surface area (Å²) in [5.41, 5.74) is 8.38. The van der Waals surface area contributed by atoms with Gasteiger partial charge in [-0.3, -0.25) is 9.59 Å². The quantitative estimate of drug-likeness (QED) is 0.423. The summed E-state index contributed by atoms with van der Waals surface area (Å²) in [7, 11) is 0. The summed E-state index contributed by atoms with van der Waals surface area (Å²) in [6.07, 6.45) is 0.647. The molecular formula is C24H18ClFN2O2S. The third kappa shape index (κ3) is 4.76. The largest absolute Gasteiger partial charge is 0.368 e. The summed E-state index contributed by atoms with van der Waals surface area (Å²) in [4.78, 5) is 24.3. The van der Waals surface area contributed by atoms with Gasteiger partial charge < -0.3 is 11.1 Å². The minimum absolute atomic E-state index is 0.116. The molecule has 1 aromatic heterocycles. The van der Waals surface area contributed by atoms with Crippen LogP contribution in [0.4, 0.5) is 4.39 Å². The molecule has 4 aromatic rings. The maximum atomic E-state index is 13.4. The first-order valence-corrected chi connectivity index (χ1v) is 10.7. The lowest BCUT2D eigenvalue weighted by molar-refractivity contribution is -0.117. The van der Waals surface area contributed by atoms with Crippen LogP contribution in [-0.4, -0.2) is 18.4 Å². The van der Waals surface area contributed by atoms with E-state index in [-0.39, 0.29) is 17.5 Å². The number of benzene rings is 3. The maximum absolute atomic E-state index is 13.4. The van der Waals surface area contributed by atoms with Crippen molar-refractivity contribution in [3.05, 3.63) is 93.6 Å². The molecule has 156 valence electrons. The van der Waals surface area contributed by atoms with Crippen LogP contribution in [0.25, 0.3) is 21.2 Å². The molecule has 0 saturated heterocycles. The van der Waals surface area contributed by atoms with E-state index in [0.29, 0.717) is 12.0 Å². The molecule has 0 unspecified atom stereocenters. The number of rotatable bonds is 6. The topological polar surface area (TPSA) is 72.2 Å². The van der Waals surface area contributed by atoms with E-state index in [1.807, 2.05) is 24.3 Å². The van der Waals surface area contributed by atoms with Crippen molar-refractivity contribution in [3.63, 3.8) is 0 Å². The highest BCUT2D eigenvalue weighted by atomic mass is 35.5. The Morgan fingerprint density at radius 2 is 1.84 bits per heavy atom. The van der Waals surface area contributed by atoms with Gasteiger partial charge >= 0.3 is 0 Å². The van der Waals surface area contributed by atoms with Crippen molar-refractivity contribution in [3.8, 4) is 11.1 Å². The van der Waals surface area contributed by atoms with E-state index >= 15 is 0 Å². The van der Waals surface area contributed by atoms with Crippen LogP contribution in [0.2, 0.25) is 5.02 Å². The van der Waals surface area contributed by atoms with E-state index in [4.69, 9.17) is 17.3 Å². The number of thiophene rings is 1. The van der Waals surface area contributed by atoms with Crippen LogP contribution in [0.1, 0.15) is 20.8 Å². The molecule has 1 heterocycles. The molecule has 3 aromatic carbocycles. The van der Waals surface area contributed by atoms with Gasteiger partial charge in [0.1, 0.15) is 5.82 Å². The average Bonchev–Trinajstić information content (AvgIpc) is 3.17. The Kier molecular flexibility index (Phi) is 6.02. The van der Waals surface area contributed by atoms with Crippen LogP contribution in [0, 0.1) is 5.82 Å². The fourth-order valence-electron chi connectivity index (χ4n) is 3.40. The number of nitrogens with one attached hydrogen (secondary N) is 1. The van der Waals surface area contributed by atoms with E-state index in [2.05, 4.69) is 11.4 Å². The van der Waals surface area contributed by atoms with E-state index in [9.17, 15) is 14.0 Å². The zero-order valence-corrected chi connectivity index (χ0v) is 17.9. The Balaban J connectivity index is 1.66. The smallest absolute Gasteiger partial charge is 0.251 e. The molecule has 0 aliphatic heterocycles. The molecule has 3 N–H and O–H groups in total. The Bertz CT molecular complexity index is 1300. The standard InChI is InChI=1S/C24H18ClFN2O2S/c25-20-10-14(7-8-21(20)26)9-17-12-19-18(5-2-6-22(19)31-17)15-3-1-4-16(11-15)24(30)28-13-23(27)29/h1-8,10-12H,9,13H2,(H2,27,29)(H,28,30). The zero-order valence-electron chi connectivity index (χ0n) is 16.3. The number of carbonyl (C=O) groups excluding carboxylic acids is 2. The molecule has 0 fully saturated rings. The SMILES string of the molecule is NC(=O)CNC(=O)c1cccc(-c2cccc3sc(Cc4ccc(F)c(Cl)c4)cc23)c1. The summed E-state index contributed by atoms with van der Waals surface area (Å²) >= 11 is 7.58. The van der Waals surface area contributed by atoms with E-state index < -0.39 is 11.7 Å². The molecule has 2 amide bonds. The first kappa shape index (κ1) is 21.0. The third-order valence-corrected chi connectivity index (χ3v) is 6.22. The summed E-state index contributed by atoms with van der Waals surface area (Å²) in [5.74, 6) is -1.38. The van der Waals surface area contributed by atoms with Gasteiger partial charge in [0.25, 0.3) is 5.91 Å². The lowest BCUT2D eigenvalue weighted by Gasteiger charge is -2.07. The number of amides is 2. The minimum Gasteiger partial charge on any atom is -0.368 e. The van der Waals surface area contributed by atoms with Crippen molar-refractivity contribution in [2.24, 2.45) is 5.73 Å². The third-order valence-electron chi connectivity index (χ3n) is 4.83. The monoisotopic (exact) mass is 452 g/mol. The predicted molar refractivity (Wildman–Crippen MR) is 123 cm³/mol. The number of hydrogen-bond acceptors (Lipinski definition) is 3. The Labute approximate surface area is 187 Å². The molecule has 4 rings (SSSR count). The molecular weight excluding hydrogens is 435 g/mol. The van der Waals surface area contributed by atoms with Crippen LogP contribution in [0.5, 0.6) is 0 Å². The minimum atomic E-state index is -0.595. The molecule has 0 aliphatic carbocycles. The van der Waals surface area contributed by atoms with Crippen molar-refractivity contribution in [1.29, 1.82) is 0 Å². The highest BCUT2D eigenvalue weighted by molar-refractivity contribution is 7.19. The second-order valence-corrected chi connectivity index (χ2v) is 8.66. The molecule has 0 saturated carbocycles. The van der Waals surface area contributed by atoms with Gasteiger partial charge in [-0.05, 0) is 53.1 Å². The molecule has 0 spiro atoms. The van der Waals surface area contributed by atoms with E-state index in [1.54, 1.807) is 41.7 Å². The second kappa shape index (κ2) is 8.88. The first-order chi connectivity index (χ1) is 14.9. The second-order valence-electron chi connectivity index (χ2n) is 7.09. The average molecular weight is 453 g/mol. The van der Waals surface area contributed by atoms with Crippen molar-refractivity contribution in [2.75, 3.05) is 6.54 Å². The van der Waals surface area contributed by atoms with Crippen molar-refractivity contribution < 1.29 is 14.0 Å². The fraction of sp³-hybridized carbons (Fsp3) is 0.0833. The molecule has 0 atom stereocenters. The van der Waals surface area contributed by atoms with Crippen LogP contribution >= 0.6 is 22.9 Å². The first-order valence-electron chi connectivity index (χ1n) is 9.53. The van der Waals surface area contributed by atoms with Crippen LogP contribution in [-0.2, 0) is 11.2 Å². The lowest BCUT2D eigenvalue weighted by atomic mass is 9.99. The summed E-state index contributed by atoms with van der Waals surface area (Å²) in [6, 6.07) is 20.2. The normalized spacial score (nSPS) is 10.9. The predicted octanol–water partition coefficient (Wildman–Crippen LogP) is 5.17. The molecule has 4 nitrogen and oxygen atoms in total. The van der Waals surface area contributed by atoms with Gasteiger partial charge in [-0.25, -0.2) is 4.39 Å².